The number of fused-ring (bicyclic) bond motifs is 1. The van der Waals surface area contributed by atoms with Crippen molar-refractivity contribution in [1.29, 1.82) is 0 Å². The Hall–Kier alpha value is -2.71. The molecule has 8 heteroatoms. The first-order valence-electron chi connectivity index (χ1n) is 9.06. The normalized spacial score (nSPS) is 14.7. The van der Waals surface area contributed by atoms with E-state index in [4.69, 9.17) is 4.74 Å². The van der Waals surface area contributed by atoms with Gasteiger partial charge in [0.15, 0.2) is 0 Å². The molecule has 0 saturated heterocycles. The quantitative estimate of drug-likeness (QED) is 0.675. The van der Waals surface area contributed by atoms with E-state index >= 15 is 0 Å². The third kappa shape index (κ3) is 2.98. The summed E-state index contributed by atoms with van der Waals surface area (Å²) in [4.78, 5) is 0.310. The number of para-hydroxylation sites is 1. The van der Waals surface area contributed by atoms with E-state index in [2.05, 4.69) is 10.3 Å². The van der Waals surface area contributed by atoms with Gasteiger partial charge in [-0.2, -0.15) is 4.31 Å². The van der Waals surface area contributed by atoms with Crippen molar-refractivity contribution in [3.63, 3.8) is 0 Å². The van der Waals surface area contributed by atoms with Crippen LogP contribution in [0.15, 0.2) is 47.4 Å². The Morgan fingerprint density at radius 3 is 2.50 bits per heavy atom. The smallest absolute Gasteiger partial charge is 0.243 e. The minimum atomic E-state index is -3.64. The van der Waals surface area contributed by atoms with Gasteiger partial charge in [0, 0.05) is 13.0 Å². The highest BCUT2D eigenvalue weighted by Gasteiger charge is 2.33. The molecule has 7 nitrogen and oxygen atoms in total. The van der Waals surface area contributed by atoms with Gasteiger partial charge in [-0.15, -0.1) is 5.10 Å². The molecule has 2 heterocycles. The molecular weight excluding hydrogens is 376 g/mol. The van der Waals surface area contributed by atoms with Crippen molar-refractivity contribution in [3.8, 4) is 11.4 Å². The van der Waals surface area contributed by atoms with Gasteiger partial charge in [-0.1, -0.05) is 23.4 Å². The first kappa shape index (κ1) is 18.6. The lowest BCUT2D eigenvalue weighted by molar-refractivity contribution is 0.383. The number of ether oxygens (including phenoxy) is 1. The zero-order chi connectivity index (χ0) is 19.9. The summed E-state index contributed by atoms with van der Waals surface area (Å²) in [5.41, 5.74) is 4.12. The summed E-state index contributed by atoms with van der Waals surface area (Å²) in [6.45, 7) is 4.29. The molecule has 0 fully saturated rings. The van der Waals surface area contributed by atoms with Crippen LogP contribution < -0.4 is 4.74 Å². The minimum absolute atomic E-state index is 0.217. The van der Waals surface area contributed by atoms with Gasteiger partial charge >= 0.3 is 0 Å². The second-order valence-corrected chi connectivity index (χ2v) is 8.74. The highest BCUT2D eigenvalue weighted by atomic mass is 32.2. The molecule has 0 aliphatic carbocycles. The summed E-state index contributed by atoms with van der Waals surface area (Å²) >= 11 is 0. The highest BCUT2D eigenvalue weighted by Crippen LogP contribution is 2.31. The van der Waals surface area contributed by atoms with Crippen molar-refractivity contribution in [2.45, 2.75) is 31.7 Å². The van der Waals surface area contributed by atoms with Crippen molar-refractivity contribution < 1.29 is 13.2 Å². The Morgan fingerprint density at radius 1 is 1.04 bits per heavy atom. The van der Waals surface area contributed by atoms with Crippen LogP contribution in [0.3, 0.4) is 0 Å². The van der Waals surface area contributed by atoms with E-state index in [9.17, 15) is 8.42 Å². The molecule has 0 amide bonds. The maximum atomic E-state index is 13.3. The third-order valence-electron chi connectivity index (χ3n) is 5.29. The molecule has 146 valence electrons. The van der Waals surface area contributed by atoms with Gasteiger partial charge in [0.1, 0.15) is 11.4 Å². The monoisotopic (exact) mass is 398 g/mol. The van der Waals surface area contributed by atoms with Crippen molar-refractivity contribution in [2.75, 3.05) is 13.7 Å². The molecule has 0 radical (unpaired) electrons. The Morgan fingerprint density at radius 2 is 1.79 bits per heavy atom. The fourth-order valence-corrected chi connectivity index (χ4v) is 5.26. The predicted molar refractivity (Wildman–Crippen MR) is 105 cm³/mol. The first-order valence-corrected chi connectivity index (χ1v) is 10.5. The van der Waals surface area contributed by atoms with Crippen molar-refractivity contribution in [2.24, 2.45) is 0 Å². The Labute approximate surface area is 164 Å². The number of sulfonamides is 1. The molecule has 0 bridgehead atoms. The number of hydrogen-bond acceptors (Lipinski definition) is 5. The molecule has 0 spiro atoms. The molecule has 0 unspecified atom stereocenters. The molecule has 1 aliphatic heterocycles. The summed E-state index contributed by atoms with van der Waals surface area (Å²) in [6.07, 6.45) is 0.560. The summed E-state index contributed by atoms with van der Waals surface area (Å²) in [5.74, 6) is 0.684. The largest absolute Gasteiger partial charge is 0.496 e. The van der Waals surface area contributed by atoms with Crippen LogP contribution in [0, 0.1) is 13.8 Å². The second-order valence-electron chi connectivity index (χ2n) is 6.83. The predicted octanol–water partition coefficient (Wildman–Crippen LogP) is 2.64. The molecule has 4 rings (SSSR count). The van der Waals surface area contributed by atoms with Crippen LogP contribution in [0.1, 0.15) is 22.5 Å². The molecule has 28 heavy (non-hydrogen) atoms. The Kier molecular flexibility index (Phi) is 4.68. The second kappa shape index (κ2) is 7.03. The number of benzene rings is 2. The maximum Gasteiger partial charge on any atom is 0.243 e. The SMILES string of the molecule is COc1ccc(S(=O)(=O)N2CCc3c(nnn3-c3ccccc3)C2)c(C)c1C. The van der Waals surface area contributed by atoms with Crippen LogP contribution in [-0.2, 0) is 23.0 Å². The molecule has 0 saturated carbocycles. The maximum absolute atomic E-state index is 13.3. The highest BCUT2D eigenvalue weighted by molar-refractivity contribution is 7.89. The lowest BCUT2D eigenvalue weighted by Crippen LogP contribution is -2.36. The van der Waals surface area contributed by atoms with E-state index in [1.165, 1.54) is 4.31 Å². The molecule has 3 aromatic rings. The van der Waals surface area contributed by atoms with Gasteiger partial charge < -0.3 is 4.74 Å². The van der Waals surface area contributed by atoms with Crippen molar-refractivity contribution in [1.82, 2.24) is 19.3 Å². The number of nitrogens with zero attached hydrogens (tertiary/aromatic N) is 4. The van der Waals surface area contributed by atoms with Crippen molar-refractivity contribution in [3.05, 3.63) is 65.0 Å². The summed E-state index contributed by atoms with van der Waals surface area (Å²) < 4.78 is 35.1. The van der Waals surface area contributed by atoms with Gasteiger partial charge in [-0.05, 0) is 49.2 Å². The van der Waals surface area contributed by atoms with Crippen LogP contribution in [0.25, 0.3) is 5.69 Å². The topological polar surface area (TPSA) is 77.3 Å². The van der Waals surface area contributed by atoms with Crippen molar-refractivity contribution >= 4 is 10.0 Å². The van der Waals surface area contributed by atoms with E-state index < -0.39 is 10.0 Å². The molecule has 0 atom stereocenters. The van der Waals surface area contributed by atoms with E-state index in [1.807, 2.05) is 44.2 Å². The fraction of sp³-hybridized carbons (Fsp3) is 0.300. The van der Waals surface area contributed by atoms with Gasteiger partial charge in [0.2, 0.25) is 10.0 Å². The van der Waals surface area contributed by atoms with Crippen LogP contribution in [0.2, 0.25) is 0 Å². The van der Waals surface area contributed by atoms with Gasteiger partial charge in [0.25, 0.3) is 0 Å². The molecule has 1 aromatic heterocycles. The van der Waals surface area contributed by atoms with E-state index in [1.54, 1.807) is 23.9 Å². The molecule has 1 aliphatic rings. The number of aromatic nitrogens is 3. The lowest BCUT2D eigenvalue weighted by atomic mass is 10.1. The number of methoxy groups -OCH3 is 1. The van der Waals surface area contributed by atoms with Crippen LogP contribution >= 0.6 is 0 Å². The first-order chi connectivity index (χ1) is 13.4. The zero-order valence-corrected chi connectivity index (χ0v) is 16.9. The summed E-state index contributed by atoms with van der Waals surface area (Å²) in [7, 11) is -2.06. The number of hydrogen-bond donors (Lipinski definition) is 0. The molecule has 0 N–H and O–H groups in total. The lowest BCUT2D eigenvalue weighted by Gasteiger charge is -2.27. The van der Waals surface area contributed by atoms with Gasteiger partial charge in [0.05, 0.1) is 29.9 Å². The Bertz CT molecular complexity index is 1120. The van der Waals surface area contributed by atoms with Gasteiger partial charge in [-0.25, -0.2) is 13.1 Å². The summed E-state index contributed by atoms with van der Waals surface area (Å²) in [6, 6.07) is 13.1. The molecular formula is C20H22N4O3S. The van der Waals surface area contributed by atoms with E-state index in [-0.39, 0.29) is 6.54 Å². The molecule has 2 aromatic carbocycles. The van der Waals surface area contributed by atoms with E-state index in [0.717, 1.165) is 16.9 Å². The van der Waals surface area contributed by atoms with Crippen LogP contribution in [0.5, 0.6) is 5.75 Å². The van der Waals surface area contributed by atoms with E-state index in [0.29, 0.717) is 34.9 Å². The fourth-order valence-electron chi connectivity index (χ4n) is 3.57. The zero-order valence-electron chi connectivity index (χ0n) is 16.1. The standard InChI is InChI=1S/C20H22N4O3S/c1-14-15(2)20(10-9-19(14)27-3)28(25,26)23-12-11-18-17(13-23)21-22-24(18)16-7-5-4-6-8-16/h4-10H,11-13H2,1-3H3. The van der Waals surface area contributed by atoms with Gasteiger partial charge in [-0.3, -0.25) is 0 Å². The summed E-state index contributed by atoms with van der Waals surface area (Å²) in [5, 5.41) is 8.49. The van der Waals surface area contributed by atoms with Crippen LogP contribution in [-0.4, -0.2) is 41.4 Å². The minimum Gasteiger partial charge on any atom is -0.496 e. The van der Waals surface area contributed by atoms with Crippen LogP contribution in [0.4, 0.5) is 0 Å². The average molecular weight is 398 g/mol. The third-order valence-corrected chi connectivity index (χ3v) is 7.28. The number of rotatable bonds is 4. The average Bonchev–Trinajstić information content (AvgIpc) is 3.14. The Balaban J connectivity index is 1.66.